The van der Waals surface area contributed by atoms with Crippen molar-refractivity contribution >= 4 is 88.8 Å². The van der Waals surface area contributed by atoms with Gasteiger partial charge in [0, 0.05) is 85.0 Å². The lowest BCUT2D eigenvalue weighted by atomic mass is 10.1. The van der Waals surface area contributed by atoms with E-state index in [0.717, 1.165) is 141 Å². The van der Waals surface area contributed by atoms with Crippen LogP contribution in [0.2, 0.25) is 0 Å². The molecular weight excluding hydrogens is 1070 g/mol. The number of para-hydroxylation sites is 4. The fourth-order valence-electron chi connectivity index (χ4n) is 10.5. The number of aliphatic hydroxyl groups excluding tert-OH is 1. The van der Waals surface area contributed by atoms with Crippen LogP contribution in [0.4, 0.5) is 34.1 Å². The van der Waals surface area contributed by atoms with E-state index >= 15 is 0 Å². The minimum Gasteiger partial charge on any atom is -0.456 e. The van der Waals surface area contributed by atoms with Crippen molar-refractivity contribution in [3.8, 4) is 45.3 Å². The van der Waals surface area contributed by atoms with Crippen molar-refractivity contribution in [2.24, 2.45) is 0 Å². The Morgan fingerprint density at radius 3 is 0.851 bits per heavy atom. The first-order valence-electron chi connectivity index (χ1n) is 28.4. The highest BCUT2D eigenvalue weighted by Gasteiger charge is 2.18. The van der Waals surface area contributed by atoms with Crippen LogP contribution in [-0.4, -0.2) is 12.2 Å². The number of furan rings is 4. The van der Waals surface area contributed by atoms with Crippen molar-refractivity contribution in [2.75, 3.05) is 16.9 Å². The van der Waals surface area contributed by atoms with E-state index in [2.05, 4.69) is 255 Å². The van der Waals surface area contributed by atoms with Gasteiger partial charge in [-0.2, -0.15) is 0 Å². The second-order valence-corrected chi connectivity index (χ2v) is 20.2. The first-order chi connectivity index (χ1) is 42.4. The monoisotopic (exact) mass is 1140 g/mol. The molecule has 0 aliphatic rings. The molecule has 0 radical (unpaired) electrons. The fourth-order valence-corrected chi connectivity index (χ4v) is 10.5. The molecule has 0 fully saturated rings. The second kappa shape index (κ2) is 27.5. The number of benzene rings is 11. The van der Waals surface area contributed by atoms with Crippen LogP contribution in [0.25, 0.3) is 99.9 Å². The molecule has 4 aromatic heterocycles. The summed E-state index contributed by atoms with van der Waals surface area (Å²) in [5.74, 6) is 3.33. The van der Waals surface area contributed by atoms with Crippen molar-refractivity contribution in [2.45, 2.75) is 21.3 Å². The van der Waals surface area contributed by atoms with Gasteiger partial charge in [0.1, 0.15) is 45.4 Å². The predicted molar refractivity (Wildman–Crippen MR) is 367 cm³/mol. The van der Waals surface area contributed by atoms with Crippen LogP contribution in [0.3, 0.4) is 0 Å². The molecule has 87 heavy (non-hydrogen) atoms. The van der Waals surface area contributed by atoms with Gasteiger partial charge in [-0.1, -0.05) is 122 Å². The Kier molecular flexibility index (Phi) is 18.7. The molecule has 0 saturated heterocycles. The van der Waals surface area contributed by atoms with E-state index in [1.165, 1.54) is 5.56 Å². The molecule has 0 amide bonds. The van der Waals surface area contributed by atoms with Gasteiger partial charge in [0.05, 0.1) is 0 Å². The third kappa shape index (κ3) is 13.0. The fraction of sp³-hybridized carbons (Fsp3) is 0.0500. The summed E-state index contributed by atoms with van der Waals surface area (Å²) in [6, 6.07) is 98.7. The summed E-state index contributed by atoms with van der Waals surface area (Å²) in [7, 11) is 1.00. The third-order valence-electron chi connectivity index (χ3n) is 14.6. The highest BCUT2D eigenvalue weighted by molar-refractivity contribution is 6.04. The Labute approximate surface area is 508 Å². The Hall–Kier alpha value is -11.1. The molecule has 0 unspecified atom stereocenters. The van der Waals surface area contributed by atoms with E-state index in [0.29, 0.717) is 0 Å². The zero-order valence-electron chi connectivity index (χ0n) is 48.3. The largest absolute Gasteiger partial charge is 0.456 e. The minimum atomic E-state index is 0. The maximum Gasteiger partial charge on any atom is 0.135 e. The zero-order chi connectivity index (χ0) is 59.4. The van der Waals surface area contributed by atoms with Crippen LogP contribution in [0.5, 0.6) is 0 Å². The molecule has 0 atom stereocenters. The number of hydrogen-bond acceptors (Lipinski definition) is 7. The quantitative estimate of drug-likeness (QED) is 0.137. The van der Waals surface area contributed by atoms with E-state index in [4.69, 9.17) is 22.8 Å². The Morgan fingerprint density at radius 2 is 0.552 bits per heavy atom. The average Bonchev–Trinajstić information content (AvgIpc) is 2.39. The van der Waals surface area contributed by atoms with Gasteiger partial charge >= 0.3 is 0 Å². The smallest absolute Gasteiger partial charge is 0.135 e. The molecule has 11 aromatic carbocycles. The van der Waals surface area contributed by atoms with Crippen LogP contribution in [-0.2, 0) is 0 Å². The molecule has 7 heteroatoms. The molecule has 1 N–H and O–H groups in total. The van der Waals surface area contributed by atoms with Crippen LogP contribution >= 0.6 is 0 Å². The van der Waals surface area contributed by atoms with E-state index in [1.807, 2.05) is 73.7 Å². The normalized spacial score (nSPS) is 10.6. The number of aryl methyl sites for hydroxylation is 1. The van der Waals surface area contributed by atoms with Crippen molar-refractivity contribution in [1.82, 2.24) is 0 Å². The number of fused-ring (bicyclic) bond motifs is 5. The highest BCUT2D eigenvalue weighted by atomic mass is 16.3. The number of nitrogens with zero attached hydrogens (tertiary/aromatic N) is 2. The van der Waals surface area contributed by atoms with Gasteiger partial charge in [-0.05, 0) is 207 Å². The summed E-state index contributed by atoms with van der Waals surface area (Å²) in [4.78, 5) is 4.53. The van der Waals surface area contributed by atoms with Crippen molar-refractivity contribution in [3.05, 3.63) is 316 Å². The van der Waals surface area contributed by atoms with Gasteiger partial charge in [-0.3, -0.25) is 0 Å². The van der Waals surface area contributed by atoms with Gasteiger partial charge in [-0.25, -0.2) is 0 Å². The average molecular weight is 1140 g/mol. The van der Waals surface area contributed by atoms with Crippen LogP contribution in [0.15, 0.2) is 329 Å². The molecule has 7 nitrogen and oxygen atoms in total. The van der Waals surface area contributed by atoms with E-state index in [1.54, 1.807) is 6.08 Å². The molecule has 0 aliphatic carbocycles. The molecular formula is C80H68N2O5. The highest BCUT2D eigenvalue weighted by Crippen LogP contribution is 2.42. The Morgan fingerprint density at radius 1 is 0.299 bits per heavy atom. The van der Waals surface area contributed by atoms with E-state index in [9.17, 15) is 0 Å². The minimum absolute atomic E-state index is 0. The number of allylic oxidation sites excluding steroid dienone is 1. The number of aliphatic hydroxyl groups is 1. The molecule has 15 aromatic rings. The summed E-state index contributed by atoms with van der Waals surface area (Å²) in [6.07, 6.45) is 1.75. The summed E-state index contributed by atoms with van der Waals surface area (Å²) in [6.45, 7) is 13.3. The van der Waals surface area contributed by atoms with Crippen molar-refractivity contribution in [3.63, 3.8) is 0 Å². The first-order valence-corrected chi connectivity index (χ1v) is 28.4. The molecule has 15 rings (SSSR count). The van der Waals surface area contributed by atoms with Crippen molar-refractivity contribution < 1.29 is 22.8 Å². The summed E-state index contributed by atoms with van der Waals surface area (Å²) >= 11 is 0. The first kappa shape index (κ1) is 59.1. The van der Waals surface area contributed by atoms with Crippen LogP contribution in [0.1, 0.15) is 19.9 Å². The maximum absolute atomic E-state index is 7.00. The predicted octanol–water partition coefficient (Wildman–Crippen LogP) is 23.7. The molecule has 4 heterocycles. The topological polar surface area (TPSA) is 79.3 Å². The Balaban J connectivity index is 0.000000506. The molecule has 0 saturated carbocycles. The lowest BCUT2D eigenvalue weighted by molar-refractivity contribution is 0.399. The lowest BCUT2D eigenvalue weighted by Crippen LogP contribution is -2.09. The summed E-state index contributed by atoms with van der Waals surface area (Å²) in [5.41, 5.74) is 15.1. The summed E-state index contributed by atoms with van der Waals surface area (Å²) in [5, 5.41) is 13.4. The molecule has 0 bridgehead atoms. The summed E-state index contributed by atoms with van der Waals surface area (Å²) < 4.78 is 25.5. The SMILES string of the molecule is C.C=C.C=CC.CO.Cc1ccccc1.c1ccc(N(c2ccc(-c3cc4ccccc4o3)cc2)c2ccc(-c3cc4cc5cc6cc(-c7ccc(N(c8ccccc8)c8ccc(-c9cc%10ccccc%10o9)cc8)cc7)oc6cc5cc4o3)cc2)cc1. The van der Waals surface area contributed by atoms with Gasteiger partial charge in [0.15, 0.2) is 0 Å². The van der Waals surface area contributed by atoms with Gasteiger partial charge < -0.3 is 32.6 Å². The van der Waals surface area contributed by atoms with Gasteiger partial charge in [0.25, 0.3) is 0 Å². The third-order valence-corrected chi connectivity index (χ3v) is 14.6. The van der Waals surface area contributed by atoms with E-state index < -0.39 is 0 Å². The standard InChI is InChI=1S/C66H42N2O4.C7H8.C3H6.C2H4.CH4O.CH4/c1-3-13-53(14-4-1)67(55-27-19-43(20-28-55)61-37-47-11-7-9-17-59(47)69-61)57-31-23-45(24-32-57)63-41-51-35-49-36-52-42-64(72-66(52)40-50(49)39-65(51)71-63)46-25-33-58(34-26-46)68(54-15-5-2-6-16-54)56-29-21-44(22-30-56)62-38-48-12-8-10-18-60(48)70-62;1-7-5-3-2-4-6-7;1-3-2;2*1-2;/h1-42H;2-6H,1H3;3H,1H2,2H3;1-2H2;2H,1H3;1H4. The maximum atomic E-state index is 7.00. The molecule has 428 valence electrons. The van der Waals surface area contributed by atoms with Crippen LogP contribution < -0.4 is 9.80 Å². The van der Waals surface area contributed by atoms with Gasteiger partial charge in [0.2, 0.25) is 0 Å². The number of hydrogen-bond donors (Lipinski definition) is 1. The number of anilines is 6. The Bertz CT molecular complexity index is 4250. The lowest BCUT2D eigenvalue weighted by Gasteiger charge is -2.25. The van der Waals surface area contributed by atoms with Gasteiger partial charge in [-0.15, -0.1) is 19.7 Å². The number of rotatable bonds is 10. The van der Waals surface area contributed by atoms with E-state index in [-0.39, 0.29) is 7.43 Å². The molecule has 0 aliphatic heterocycles. The molecule has 0 spiro atoms. The van der Waals surface area contributed by atoms with Crippen LogP contribution in [0, 0.1) is 6.92 Å². The second-order valence-electron chi connectivity index (χ2n) is 20.2. The zero-order valence-corrected chi connectivity index (χ0v) is 48.3. The van der Waals surface area contributed by atoms with Crippen molar-refractivity contribution in [1.29, 1.82) is 0 Å².